The van der Waals surface area contributed by atoms with Gasteiger partial charge in [-0.2, -0.15) is 0 Å². The zero-order valence-electron chi connectivity index (χ0n) is 11.2. The van der Waals surface area contributed by atoms with Gasteiger partial charge in [-0.3, -0.25) is 5.01 Å². The van der Waals surface area contributed by atoms with E-state index < -0.39 is 0 Å². The second-order valence-electron chi connectivity index (χ2n) is 4.11. The molecule has 0 atom stereocenters. The molecule has 0 amide bonds. The van der Waals surface area contributed by atoms with E-state index in [2.05, 4.69) is 0 Å². The van der Waals surface area contributed by atoms with Crippen LogP contribution >= 0.6 is 0 Å². The number of allylic oxidation sites excluding steroid dienone is 4. The van der Waals surface area contributed by atoms with Crippen molar-refractivity contribution in [3.8, 4) is 5.75 Å². The largest absolute Gasteiger partial charge is 0.497 e. The molecule has 1 aliphatic rings. The molecule has 0 saturated heterocycles. The fraction of sp³-hybridized carbons (Fsp3) is 0.200. The second kappa shape index (κ2) is 6.11. The molecule has 0 fully saturated rings. The van der Waals surface area contributed by atoms with Crippen molar-refractivity contribution in [1.29, 1.82) is 0 Å². The molecular weight excluding hydrogens is 240 g/mol. The highest BCUT2D eigenvalue weighted by molar-refractivity contribution is 5.53. The van der Waals surface area contributed by atoms with E-state index >= 15 is 0 Å². The van der Waals surface area contributed by atoms with Gasteiger partial charge in [-0.25, -0.2) is 5.84 Å². The fourth-order valence-electron chi connectivity index (χ4n) is 1.82. The van der Waals surface area contributed by atoms with Crippen LogP contribution in [0.25, 0.3) is 0 Å². The van der Waals surface area contributed by atoms with E-state index in [1.807, 2.05) is 48.6 Å². The molecule has 0 bridgehead atoms. The van der Waals surface area contributed by atoms with Crippen LogP contribution in [0.5, 0.6) is 5.75 Å². The van der Waals surface area contributed by atoms with Gasteiger partial charge in [-0.15, -0.1) is 0 Å². The van der Waals surface area contributed by atoms with Gasteiger partial charge in [0.05, 0.1) is 19.9 Å². The van der Waals surface area contributed by atoms with Crippen LogP contribution in [-0.2, 0) is 4.74 Å². The van der Waals surface area contributed by atoms with Crippen molar-refractivity contribution < 1.29 is 9.47 Å². The monoisotopic (exact) mass is 258 g/mol. The highest BCUT2D eigenvalue weighted by atomic mass is 16.5. The zero-order chi connectivity index (χ0) is 13.7. The predicted octanol–water partition coefficient (Wildman–Crippen LogP) is 2.75. The van der Waals surface area contributed by atoms with Gasteiger partial charge in [0.2, 0.25) is 0 Å². The van der Waals surface area contributed by atoms with E-state index in [0.717, 1.165) is 29.3 Å². The molecule has 0 unspecified atom stereocenters. The molecule has 0 aliphatic heterocycles. The summed E-state index contributed by atoms with van der Waals surface area (Å²) >= 11 is 0. The van der Waals surface area contributed by atoms with Crippen molar-refractivity contribution in [2.45, 2.75) is 6.42 Å². The molecule has 4 nitrogen and oxygen atoms in total. The van der Waals surface area contributed by atoms with E-state index in [9.17, 15) is 0 Å². The molecule has 19 heavy (non-hydrogen) atoms. The van der Waals surface area contributed by atoms with E-state index in [-0.39, 0.29) is 0 Å². The molecule has 0 saturated carbocycles. The average Bonchev–Trinajstić information content (AvgIpc) is 2.72. The molecule has 4 heteroatoms. The van der Waals surface area contributed by atoms with Crippen LogP contribution in [-0.4, -0.2) is 14.2 Å². The van der Waals surface area contributed by atoms with E-state index in [4.69, 9.17) is 15.3 Å². The van der Waals surface area contributed by atoms with Crippen LogP contribution < -0.4 is 15.6 Å². The molecule has 0 heterocycles. The summed E-state index contributed by atoms with van der Waals surface area (Å²) in [5.41, 5.74) is 1.91. The molecule has 0 radical (unpaired) electrons. The van der Waals surface area contributed by atoms with Crippen LogP contribution in [0.2, 0.25) is 0 Å². The number of hydrogen-bond donors (Lipinski definition) is 1. The Labute approximate surface area is 113 Å². The first-order valence-electron chi connectivity index (χ1n) is 6.05. The SMILES string of the molecule is COC1=CC=C(N(N)c2ccc(OC)cc2)CC=C1. The Kier molecular flexibility index (Phi) is 4.26. The number of hydrazine groups is 1. The number of benzene rings is 1. The van der Waals surface area contributed by atoms with Gasteiger partial charge in [0, 0.05) is 12.1 Å². The number of hydrogen-bond acceptors (Lipinski definition) is 4. The van der Waals surface area contributed by atoms with Crippen molar-refractivity contribution in [2.24, 2.45) is 5.84 Å². The summed E-state index contributed by atoms with van der Waals surface area (Å²) in [7, 11) is 3.30. The highest BCUT2D eigenvalue weighted by Gasteiger charge is 2.08. The average molecular weight is 258 g/mol. The Morgan fingerprint density at radius 3 is 2.42 bits per heavy atom. The lowest BCUT2D eigenvalue weighted by Gasteiger charge is -2.21. The number of methoxy groups -OCH3 is 2. The van der Waals surface area contributed by atoms with Gasteiger partial charge < -0.3 is 9.47 Å². The third-order valence-corrected chi connectivity index (χ3v) is 2.94. The summed E-state index contributed by atoms with van der Waals surface area (Å²) in [6.07, 6.45) is 8.58. The van der Waals surface area contributed by atoms with Crippen LogP contribution in [0.4, 0.5) is 5.69 Å². The second-order valence-corrected chi connectivity index (χ2v) is 4.11. The van der Waals surface area contributed by atoms with E-state index in [1.54, 1.807) is 19.2 Å². The first-order chi connectivity index (χ1) is 9.24. The molecule has 2 N–H and O–H groups in total. The normalized spacial score (nSPS) is 14.3. The highest BCUT2D eigenvalue weighted by Crippen LogP contribution is 2.22. The Balaban J connectivity index is 2.19. The predicted molar refractivity (Wildman–Crippen MR) is 76.6 cm³/mol. The lowest BCUT2D eigenvalue weighted by Crippen LogP contribution is -2.29. The quantitative estimate of drug-likeness (QED) is 0.666. The minimum absolute atomic E-state index is 0.756. The topological polar surface area (TPSA) is 47.7 Å². The molecule has 1 aromatic carbocycles. The van der Waals surface area contributed by atoms with Crippen LogP contribution in [0.1, 0.15) is 6.42 Å². The summed E-state index contributed by atoms with van der Waals surface area (Å²) in [5, 5.41) is 1.67. The summed E-state index contributed by atoms with van der Waals surface area (Å²) in [6.45, 7) is 0. The van der Waals surface area contributed by atoms with Gasteiger partial charge in [0.15, 0.2) is 0 Å². The minimum Gasteiger partial charge on any atom is -0.497 e. The molecule has 2 rings (SSSR count). The number of nitrogens with two attached hydrogens (primary N) is 1. The molecule has 1 aliphatic carbocycles. The van der Waals surface area contributed by atoms with Crippen LogP contribution in [0.3, 0.4) is 0 Å². The number of ether oxygens (including phenoxy) is 2. The van der Waals surface area contributed by atoms with Gasteiger partial charge in [-0.05, 0) is 42.5 Å². The molecular formula is C15H18N2O2. The molecule has 0 spiro atoms. The maximum atomic E-state index is 6.14. The van der Waals surface area contributed by atoms with Gasteiger partial charge >= 0.3 is 0 Å². The summed E-state index contributed by atoms with van der Waals surface area (Å²) in [6, 6.07) is 7.63. The Morgan fingerprint density at radius 1 is 1.05 bits per heavy atom. The summed E-state index contributed by atoms with van der Waals surface area (Å²) in [5.74, 6) is 7.77. The maximum absolute atomic E-state index is 6.14. The van der Waals surface area contributed by atoms with Crippen molar-refractivity contribution >= 4 is 5.69 Å². The molecule has 100 valence electrons. The maximum Gasteiger partial charge on any atom is 0.119 e. The van der Waals surface area contributed by atoms with Gasteiger partial charge in [0.25, 0.3) is 0 Å². The Hall–Kier alpha value is -2.20. The van der Waals surface area contributed by atoms with Crippen LogP contribution in [0, 0.1) is 0 Å². The zero-order valence-corrected chi connectivity index (χ0v) is 11.2. The van der Waals surface area contributed by atoms with Crippen LogP contribution in [0.15, 0.2) is 60.0 Å². The Bertz CT molecular complexity index is 515. The minimum atomic E-state index is 0.756. The third-order valence-electron chi connectivity index (χ3n) is 2.94. The van der Waals surface area contributed by atoms with Gasteiger partial charge in [-0.1, -0.05) is 6.08 Å². The van der Waals surface area contributed by atoms with Crippen molar-refractivity contribution in [1.82, 2.24) is 0 Å². The molecule has 0 aromatic heterocycles. The number of rotatable bonds is 4. The van der Waals surface area contributed by atoms with Crippen molar-refractivity contribution in [3.05, 3.63) is 60.0 Å². The van der Waals surface area contributed by atoms with Gasteiger partial charge in [0.1, 0.15) is 11.5 Å². The van der Waals surface area contributed by atoms with E-state index in [0.29, 0.717) is 0 Å². The smallest absolute Gasteiger partial charge is 0.119 e. The lowest BCUT2D eigenvalue weighted by atomic mass is 10.2. The fourth-order valence-corrected chi connectivity index (χ4v) is 1.82. The lowest BCUT2D eigenvalue weighted by molar-refractivity contribution is 0.307. The third kappa shape index (κ3) is 3.17. The summed E-state index contributed by atoms with van der Waals surface area (Å²) in [4.78, 5) is 0. The van der Waals surface area contributed by atoms with Crippen molar-refractivity contribution in [2.75, 3.05) is 19.2 Å². The number of anilines is 1. The first-order valence-corrected chi connectivity index (χ1v) is 6.05. The van der Waals surface area contributed by atoms with E-state index in [1.165, 1.54) is 0 Å². The Morgan fingerprint density at radius 2 is 1.79 bits per heavy atom. The standard InChI is InChI=1S/C15H18N2O2/c1-18-14-5-3-4-12(6-9-14)17(16)13-7-10-15(19-2)11-8-13/h3,5-11H,4,16H2,1-2H3. The first kappa shape index (κ1) is 13.2. The number of nitrogens with zero attached hydrogens (tertiary/aromatic N) is 1. The molecule has 1 aromatic rings. The summed E-state index contributed by atoms with van der Waals surface area (Å²) < 4.78 is 10.3. The van der Waals surface area contributed by atoms with Crippen molar-refractivity contribution in [3.63, 3.8) is 0 Å².